The molecule has 3 aromatic heterocycles. The van der Waals surface area contributed by atoms with E-state index < -0.39 is 31.6 Å². The van der Waals surface area contributed by atoms with Gasteiger partial charge in [0.15, 0.2) is 10.7 Å². The van der Waals surface area contributed by atoms with Crippen molar-refractivity contribution in [2.75, 3.05) is 36.5 Å². The first-order valence-corrected chi connectivity index (χ1v) is 23.9. The number of likely N-dealkylation sites (tertiary alicyclic amines) is 1. The number of pyridine rings is 2. The molecule has 3 aromatic carbocycles. The number of carbonyl (C=O) groups is 1. The van der Waals surface area contributed by atoms with Gasteiger partial charge in [0.1, 0.15) is 23.8 Å². The number of nitrogens with one attached hydrogen (secondary N) is 3. The third-order valence-corrected chi connectivity index (χ3v) is 14.9. The number of fused-ring (bicyclic) bond motifs is 2. The maximum Gasteiger partial charge on any atom is 0.300 e. The smallest absolute Gasteiger partial charge is 0.300 e. The van der Waals surface area contributed by atoms with Crippen LogP contribution in [0.2, 0.25) is 0 Å². The summed E-state index contributed by atoms with van der Waals surface area (Å²) in [6.45, 7) is 7.53. The first-order chi connectivity index (χ1) is 31.4. The molecule has 15 nitrogen and oxygen atoms in total. The lowest BCUT2D eigenvalue weighted by atomic mass is 9.67. The molecule has 10 rings (SSSR count). The van der Waals surface area contributed by atoms with E-state index in [9.17, 15) is 23.3 Å². The Morgan fingerprint density at radius 2 is 1.80 bits per heavy atom. The number of anilines is 2. The summed E-state index contributed by atoms with van der Waals surface area (Å²) in [5.41, 5.74) is 5.01. The summed E-state index contributed by atoms with van der Waals surface area (Å²) in [5.74, 6) is -0.281. The van der Waals surface area contributed by atoms with Crippen LogP contribution in [0.1, 0.15) is 91.4 Å². The second kappa shape index (κ2) is 17.1. The molecule has 6 heterocycles. The van der Waals surface area contributed by atoms with Gasteiger partial charge in [-0.25, -0.2) is 9.71 Å². The number of nitrogens with zero attached hydrogens (tertiary/aromatic N) is 5. The van der Waals surface area contributed by atoms with Gasteiger partial charge in [0, 0.05) is 53.9 Å². The lowest BCUT2D eigenvalue weighted by Gasteiger charge is -2.55. The van der Waals surface area contributed by atoms with Gasteiger partial charge in [-0.05, 0) is 98.4 Å². The van der Waals surface area contributed by atoms with E-state index in [-0.39, 0.29) is 40.9 Å². The fourth-order valence-corrected chi connectivity index (χ4v) is 11.4. The average molecular weight is 897 g/mol. The molecule has 6 aromatic rings. The number of aromatic nitrogens is 3. The minimum Gasteiger partial charge on any atom is -0.474 e. The third kappa shape index (κ3) is 8.48. The van der Waals surface area contributed by atoms with E-state index in [2.05, 4.69) is 72.9 Å². The number of hydrogen-bond donors (Lipinski definition) is 3. The minimum atomic E-state index is -4.75. The van der Waals surface area contributed by atoms with Gasteiger partial charge in [0.2, 0.25) is 5.88 Å². The molecule has 2 atom stereocenters. The topological polar surface area (TPSA) is 185 Å². The molecule has 0 unspecified atom stereocenters. The van der Waals surface area contributed by atoms with Gasteiger partial charge in [-0.1, -0.05) is 68.4 Å². The SMILES string of the molecule is CC(C)c1ccccc1[C@@H]1CCCN1C1CCC2(CC1)CN(c1ccc(C(=O)NS(=O)(=O)c3cc([N+](=O)[O-])c4c(n3)OC[C@H](Cc3ccccc3)N4)c(Oc3cnc4[nH]ccc4c3)c1)C2. The van der Waals surface area contributed by atoms with Crippen molar-refractivity contribution in [2.45, 2.75) is 87.9 Å². The number of benzene rings is 3. The number of H-pyrrole nitrogens is 1. The Labute approximate surface area is 377 Å². The zero-order valence-electron chi connectivity index (χ0n) is 36.4. The van der Waals surface area contributed by atoms with Crippen LogP contribution in [-0.2, 0) is 16.4 Å². The van der Waals surface area contributed by atoms with Crippen molar-refractivity contribution in [2.24, 2.45) is 5.41 Å². The van der Waals surface area contributed by atoms with Crippen molar-refractivity contribution in [1.82, 2.24) is 24.6 Å². The Balaban J connectivity index is 0.858. The van der Waals surface area contributed by atoms with Gasteiger partial charge in [-0.3, -0.25) is 19.8 Å². The Morgan fingerprint density at radius 3 is 2.58 bits per heavy atom. The molecule has 4 aliphatic rings. The van der Waals surface area contributed by atoms with Gasteiger partial charge in [-0.15, -0.1) is 0 Å². The summed E-state index contributed by atoms with van der Waals surface area (Å²) in [5, 5.41) is 15.5. The van der Waals surface area contributed by atoms with Crippen molar-refractivity contribution in [3.05, 3.63) is 136 Å². The highest BCUT2D eigenvalue weighted by atomic mass is 32.2. The number of hydrogen-bond acceptors (Lipinski definition) is 12. The molecular formula is C49H52N8O7S. The van der Waals surface area contributed by atoms with Crippen molar-refractivity contribution >= 4 is 44.0 Å². The van der Waals surface area contributed by atoms with E-state index in [1.54, 1.807) is 30.5 Å². The zero-order chi connectivity index (χ0) is 44.9. The lowest BCUT2D eigenvalue weighted by molar-refractivity contribution is -0.384. The van der Waals surface area contributed by atoms with Crippen LogP contribution < -0.4 is 24.4 Å². The molecule has 1 amide bonds. The lowest BCUT2D eigenvalue weighted by Crippen LogP contribution is -2.59. The first kappa shape index (κ1) is 42.4. The molecule has 16 heteroatoms. The Morgan fingerprint density at radius 1 is 1.02 bits per heavy atom. The number of ether oxygens (including phenoxy) is 2. The van der Waals surface area contributed by atoms with Gasteiger partial charge in [0.25, 0.3) is 15.9 Å². The van der Waals surface area contributed by atoms with Crippen molar-refractivity contribution in [3.8, 4) is 17.4 Å². The Kier molecular flexibility index (Phi) is 11.2. The van der Waals surface area contributed by atoms with Gasteiger partial charge in [-0.2, -0.15) is 13.4 Å². The van der Waals surface area contributed by atoms with Crippen LogP contribution in [0, 0.1) is 15.5 Å². The molecule has 3 N–H and O–H groups in total. The predicted molar refractivity (Wildman–Crippen MR) is 247 cm³/mol. The van der Waals surface area contributed by atoms with Gasteiger partial charge in [0.05, 0.1) is 28.8 Å². The second-order valence-corrected chi connectivity index (χ2v) is 20.0. The largest absolute Gasteiger partial charge is 0.474 e. The van der Waals surface area contributed by atoms with E-state index in [4.69, 9.17) is 9.47 Å². The Bertz CT molecular complexity index is 2870. The fourth-order valence-electron chi connectivity index (χ4n) is 10.5. The predicted octanol–water partition coefficient (Wildman–Crippen LogP) is 8.90. The number of carbonyl (C=O) groups excluding carboxylic acids is 1. The highest BCUT2D eigenvalue weighted by Crippen LogP contribution is 2.49. The molecule has 65 heavy (non-hydrogen) atoms. The molecule has 3 fully saturated rings. The van der Waals surface area contributed by atoms with Gasteiger partial charge < -0.3 is 24.7 Å². The van der Waals surface area contributed by atoms with E-state index in [1.165, 1.54) is 30.2 Å². The Hall–Kier alpha value is -6.52. The van der Waals surface area contributed by atoms with Crippen LogP contribution in [0.15, 0.2) is 108 Å². The molecule has 0 bridgehead atoms. The van der Waals surface area contributed by atoms with Crippen LogP contribution in [0.25, 0.3) is 11.0 Å². The molecule has 1 aliphatic carbocycles. The van der Waals surface area contributed by atoms with Crippen LogP contribution >= 0.6 is 0 Å². The zero-order valence-corrected chi connectivity index (χ0v) is 37.2. The summed E-state index contributed by atoms with van der Waals surface area (Å²) in [7, 11) is -4.75. The molecule has 336 valence electrons. The van der Waals surface area contributed by atoms with E-state index in [1.807, 2.05) is 36.4 Å². The molecule has 1 saturated carbocycles. The van der Waals surface area contributed by atoms with Crippen molar-refractivity contribution in [1.29, 1.82) is 0 Å². The monoisotopic (exact) mass is 896 g/mol. The minimum absolute atomic E-state index is 0.0314. The maximum absolute atomic E-state index is 14.0. The highest BCUT2D eigenvalue weighted by molar-refractivity contribution is 7.90. The van der Waals surface area contributed by atoms with Crippen LogP contribution in [0.4, 0.5) is 17.1 Å². The molecule has 0 radical (unpaired) electrons. The van der Waals surface area contributed by atoms with Gasteiger partial charge >= 0.3 is 5.69 Å². The fraction of sp³-hybridized carbons (Fsp3) is 0.367. The standard InChI is InChI=1S/C49H52N8O7S/c1-31(2)38-11-6-7-12-39(38)41-13-8-22-56(41)35-16-19-49(20-17-35)29-55(30-49)36-14-15-40(43(25-36)64-37-24-33-18-21-50-46(33)51-27-37)47(58)54-65(61,62)44-26-42(57(59)60)45-48(53-44)63-28-34(52-45)23-32-9-4-3-5-10-32/h3-7,9-12,14-15,18,21,24-27,31,34-35,41,52H,8,13,16-17,19-20,22-23,28-30H2,1-2H3,(H,50,51)(H,54,58)/t34-,41-/m0/s1. The van der Waals surface area contributed by atoms with Crippen molar-refractivity contribution < 1.29 is 27.6 Å². The summed E-state index contributed by atoms with van der Waals surface area (Å²) in [6, 6.07) is 28.8. The maximum atomic E-state index is 14.0. The van der Waals surface area contributed by atoms with E-state index in [0.717, 1.165) is 68.0 Å². The first-order valence-electron chi connectivity index (χ1n) is 22.5. The normalized spacial score (nSPS) is 19.6. The average Bonchev–Trinajstić information content (AvgIpc) is 3.98. The van der Waals surface area contributed by atoms with E-state index >= 15 is 0 Å². The summed E-state index contributed by atoms with van der Waals surface area (Å²) in [6.07, 6.45) is 10.8. The quantitative estimate of drug-likeness (QED) is 0.0784. The van der Waals surface area contributed by atoms with Crippen LogP contribution in [0.5, 0.6) is 17.4 Å². The van der Waals surface area contributed by atoms with Crippen LogP contribution in [0.3, 0.4) is 0 Å². The number of sulfonamides is 1. The number of aromatic amines is 1. The molecular weight excluding hydrogens is 845 g/mol. The summed E-state index contributed by atoms with van der Waals surface area (Å²) < 4.78 is 41.9. The molecule has 2 saturated heterocycles. The van der Waals surface area contributed by atoms with Crippen molar-refractivity contribution in [3.63, 3.8) is 0 Å². The highest BCUT2D eigenvalue weighted by Gasteiger charge is 2.47. The molecule has 3 aliphatic heterocycles. The summed E-state index contributed by atoms with van der Waals surface area (Å²) >= 11 is 0. The second-order valence-electron chi connectivity index (χ2n) is 18.3. The number of rotatable bonds is 12. The number of amides is 1. The number of nitro groups is 1. The van der Waals surface area contributed by atoms with E-state index in [0.29, 0.717) is 35.8 Å². The van der Waals surface area contributed by atoms with Crippen LogP contribution in [-0.4, -0.2) is 77.4 Å². The summed E-state index contributed by atoms with van der Waals surface area (Å²) in [4.78, 5) is 42.3. The third-order valence-electron chi connectivity index (χ3n) is 13.7. The molecule has 1 spiro atoms.